The number of fused-ring (bicyclic) bond motifs is 1. The SMILES string of the molecule is CC[C@@H](Nc1c(C#N)cnc2c(Cl)cc(N[C@H](C3=CN(C)NN3)c3ccc(F)cc3)cc12)c1ccccc1. The summed E-state index contributed by atoms with van der Waals surface area (Å²) < 4.78 is 13.7. The van der Waals surface area contributed by atoms with Gasteiger partial charge in [-0.2, -0.15) is 5.26 Å². The van der Waals surface area contributed by atoms with E-state index in [4.69, 9.17) is 11.6 Å². The molecule has 2 heterocycles. The molecule has 0 fully saturated rings. The van der Waals surface area contributed by atoms with Crippen LogP contribution in [-0.2, 0) is 0 Å². The highest BCUT2D eigenvalue weighted by Gasteiger charge is 2.23. The lowest BCUT2D eigenvalue weighted by Crippen LogP contribution is -2.35. The van der Waals surface area contributed by atoms with Crippen LogP contribution in [0.25, 0.3) is 10.9 Å². The maximum absolute atomic E-state index is 13.7. The van der Waals surface area contributed by atoms with Crippen molar-refractivity contribution in [1.29, 1.82) is 5.26 Å². The molecule has 7 nitrogen and oxygen atoms in total. The maximum atomic E-state index is 13.7. The normalized spacial score (nSPS) is 14.4. The zero-order chi connectivity index (χ0) is 26.6. The summed E-state index contributed by atoms with van der Waals surface area (Å²) in [5.41, 5.74) is 11.4. The first-order chi connectivity index (χ1) is 18.5. The molecule has 4 N–H and O–H groups in total. The lowest BCUT2D eigenvalue weighted by molar-refractivity contribution is 0.326. The number of pyridine rings is 1. The second-order valence-corrected chi connectivity index (χ2v) is 9.50. The fourth-order valence-corrected chi connectivity index (χ4v) is 4.87. The van der Waals surface area contributed by atoms with Crippen molar-refractivity contribution < 1.29 is 4.39 Å². The van der Waals surface area contributed by atoms with Crippen molar-refractivity contribution in [3.05, 3.63) is 112 Å². The molecule has 38 heavy (non-hydrogen) atoms. The van der Waals surface area contributed by atoms with Gasteiger partial charge in [0.2, 0.25) is 0 Å². The quantitative estimate of drug-likeness (QED) is 0.210. The number of hydrazine groups is 2. The molecule has 2 atom stereocenters. The summed E-state index contributed by atoms with van der Waals surface area (Å²) in [4.78, 5) is 4.49. The van der Waals surface area contributed by atoms with Crippen LogP contribution in [-0.4, -0.2) is 17.0 Å². The summed E-state index contributed by atoms with van der Waals surface area (Å²) in [6.07, 6.45) is 4.28. The number of halogens is 2. The fourth-order valence-electron chi connectivity index (χ4n) is 4.60. The van der Waals surface area contributed by atoms with Gasteiger partial charge in [0.1, 0.15) is 11.9 Å². The Balaban J connectivity index is 1.58. The average molecular weight is 528 g/mol. The van der Waals surface area contributed by atoms with Crippen LogP contribution in [0, 0.1) is 17.1 Å². The lowest BCUT2D eigenvalue weighted by Gasteiger charge is -2.23. The van der Waals surface area contributed by atoms with Crippen molar-refractivity contribution in [3.63, 3.8) is 0 Å². The van der Waals surface area contributed by atoms with Crippen LogP contribution in [0.3, 0.4) is 0 Å². The van der Waals surface area contributed by atoms with Crippen molar-refractivity contribution in [2.24, 2.45) is 0 Å². The summed E-state index contributed by atoms with van der Waals surface area (Å²) in [6, 6.07) is 22.1. The predicted octanol–water partition coefficient (Wildman–Crippen LogP) is 6.41. The molecule has 1 aliphatic rings. The number of hydrogen-bond donors (Lipinski definition) is 4. The lowest BCUT2D eigenvalue weighted by atomic mass is 10.0. The third-order valence-electron chi connectivity index (χ3n) is 6.51. The van der Waals surface area contributed by atoms with Gasteiger partial charge in [-0.15, -0.1) is 5.53 Å². The molecule has 192 valence electrons. The minimum atomic E-state index is -0.335. The van der Waals surface area contributed by atoms with E-state index in [-0.39, 0.29) is 17.9 Å². The molecule has 5 rings (SSSR count). The maximum Gasteiger partial charge on any atom is 0.123 e. The number of benzene rings is 3. The number of rotatable bonds is 8. The Kier molecular flexibility index (Phi) is 7.31. The van der Waals surface area contributed by atoms with Crippen LogP contribution in [0.15, 0.2) is 84.8 Å². The van der Waals surface area contributed by atoms with E-state index in [0.29, 0.717) is 21.8 Å². The van der Waals surface area contributed by atoms with E-state index in [1.807, 2.05) is 43.6 Å². The molecule has 0 amide bonds. The van der Waals surface area contributed by atoms with Gasteiger partial charge in [-0.05, 0) is 41.8 Å². The summed E-state index contributed by atoms with van der Waals surface area (Å²) in [5.74, 6) is -0.306. The zero-order valence-electron chi connectivity index (χ0n) is 21.0. The number of aromatic nitrogens is 1. The van der Waals surface area contributed by atoms with E-state index in [2.05, 4.69) is 51.7 Å². The highest BCUT2D eigenvalue weighted by atomic mass is 35.5. The number of anilines is 2. The van der Waals surface area contributed by atoms with Gasteiger partial charge in [0.05, 0.1) is 39.6 Å². The zero-order valence-corrected chi connectivity index (χ0v) is 21.7. The third-order valence-corrected chi connectivity index (χ3v) is 6.80. The minimum Gasteiger partial charge on any atom is -0.377 e. The summed E-state index contributed by atoms with van der Waals surface area (Å²) >= 11 is 6.74. The molecule has 4 aromatic rings. The van der Waals surface area contributed by atoms with Crippen LogP contribution < -0.4 is 21.6 Å². The van der Waals surface area contributed by atoms with Gasteiger partial charge in [0.25, 0.3) is 0 Å². The summed E-state index contributed by atoms with van der Waals surface area (Å²) in [7, 11) is 1.87. The molecule has 0 radical (unpaired) electrons. The predicted molar refractivity (Wildman–Crippen MR) is 149 cm³/mol. The van der Waals surface area contributed by atoms with Gasteiger partial charge in [0.15, 0.2) is 0 Å². The molecule has 0 bridgehead atoms. The number of nitrogens with zero attached hydrogens (tertiary/aromatic N) is 3. The second kappa shape index (κ2) is 11.0. The Morgan fingerprint density at radius 3 is 2.50 bits per heavy atom. The van der Waals surface area contributed by atoms with E-state index in [1.54, 1.807) is 23.3 Å². The highest BCUT2D eigenvalue weighted by Crippen LogP contribution is 2.37. The molecule has 9 heteroatoms. The molecular formula is C29H27ClFN7. The molecule has 0 spiro atoms. The Morgan fingerprint density at radius 2 is 1.84 bits per heavy atom. The van der Waals surface area contributed by atoms with Crippen molar-refractivity contribution in [2.45, 2.75) is 25.4 Å². The number of hydrogen-bond acceptors (Lipinski definition) is 7. The van der Waals surface area contributed by atoms with E-state index in [0.717, 1.165) is 34.3 Å². The van der Waals surface area contributed by atoms with E-state index in [1.165, 1.54) is 12.1 Å². The molecule has 1 aliphatic heterocycles. The van der Waals surface area contributed by atoms with Gasteiger partial charge in [-0.3, -0.25) is 9.99 Å². The molecule has 3 aromatic carbocycles. The molecular weight excluding hydrogens is 501 g/mol. The standard InChI is InChI=1S/C29H27ClFN7/c1-3-25(18-7-5-4-6-8-18)35-27-20(15-32)16-33-29-23(27)13-22(14-24(29)30)34-28(26-17-38(2)37-36-26)19-9-11-21(31)12-10-19/h4-14,16-17,25,28,34,36-37H,3H2,1-2H3,(H,33,35)/t25-,28+/m1/s1. The first-order valence-corrected chi connectivity index (χ1v) is 12.7. The molecule has 0 unspecified atom stereocenters. The number of nitrogens with one attached hydrogen (secondary N) is 4. The smallest absolute Gasteiger partial charge is 0.123 e. The van der Waals surface area contributed by atoms with Gasteiger partial charge in [0, 0.05) is 30.5 Å². The monoisotopic (exact) mass is 527 g/mol. The Hall–Kier alpha value is -4.32. The van der Waals surface area contributed by atoms with Crippen molar-refractivity contribution in [3.8, 4) is 6.07 Å². The number of nitriles is 1. The minimum absolute atomic E-state index is 0.00860. The van der Waals surface area contributed by atoms with Crippen LogP contribution in [0.2, 0.25) is 5.02 Å². The van der Waals surface area contributed by atoms with Crippen LogP contribution in [0.1, 0.15) is 42.1 Å². The Labute approximate surface area is 225 Å². The van der Waals surface area contributed by atoms with E-state index in [9.17, 15) is 9.65 Å². The first-order valence-electron chi connectivity index (χ1n) is 12.3. The molecule has 0 saturated heterocycles. The topological polar surface area (TPSA) is 88.0 Å². The molecule has 0 saturated carbocycles. The van der Waals surface area contributed by atoms with Crippen molar-refractivity contribution in [1.82, 2.24) is 21.0 Å². The third kappa shape index (κ3) is 5.21. The van der Waals surface area contributed by atoms with Crippen LogP contribution in [0.5, 0.6) is 0 Å². The molecule has 0 aliphatic carbocycles. The fraction of sp³-hybridized carbons (Fsp3) is 0.172. The summed E-state index contributed by atoms with van der Waals surface area (Å²) in [5, 5.41) is 20.0. The summed E-state index contributed by atoms with van der Waals surface area (Å²) in [6.45, 7) is 2.10. The largest absolute Gasteiger partial charge is 0.377 e. The van der Waals surface area contributed by atoms with Crippen molar-refractivity contribution in [2.75, 3.05) is 17.7 Å². The second-order valence-electron chi connectivity index (χ2n) is 9.09. The Morgan fingerprint density at radius 1 is 1.08 bits per heavy atom. The van der Waals surface area contributed by atoms with Gasteiger partial charge in [-0.1, -0.05) is 61.0 Å². The highest BCUT2D eigenvalue weighted by molar-refractivity contribution is 6.35. The van der Waals surface area contributed by atoms with Crippen molar-refractivity contribution >= 4 is 33.9 Å². The van der Waals surface area contributed by atoms with Gasteiger partial charge >= 0.3 is 0 Å². The van der Waals surface area contributed by atoms with E-state index >= 15 is 0 Å². The van der Waals surface area contributed by atoms with Gasteiger partial charge in [-0.25, -0.2) is 4.39 Å². The van der Waals surface area contributed by atoms with Crippen LogP contribution in [0.4, 0.5) is 15.8 Å². The first kappa shape index (κ1) is 25.3. The Bertz CT molecular complexity index is 1520. The average Bonchev–Trinajstić information content (AvgIpc) is 3.37. The van der Waals surface area contributed by atoms with Gasteiger partial charge < -0.3 is 16.1 Å². The molecule has 1 aromatic heterocycles. The van der Waals surface area contributed by atoms with Crippen LogP contribution >= 0.6 is 11.6 Å². The van der Waals surface area contributed by atoms with E-state index < -0.39 is 0 Å².